The average Bonchev–Trinajstić information content (AvgIpc) is 2.76. The van der Waals surface area contributed by atoms with Crippen LogP contribution in [0.5, 0.6) is 0 Å². The molecule has 4 heteroatoms. The molecule has 90 valence electrons. The molecule has 0 spiro atoms. The molecule has 2 heterocycles. The Kier molecular flexibility index (Phi) is 2.40. The number of ether oxygens (including phenoxy) is 1. The van der Waals surface area contributed by atoms with Crippen molar-refractivity contribution in [1.29, 1.82) is 0 Å². The Hall–Kier alpha value is -1.42. The van der Waals surface area contributed by atoms with Crippen LogP contribution in [0.1, 0.15) is 21.7 Å². The van der Waals surface area contributed by atoms with Crippen LogP contribution in [0.25, 0.3) is 0 Å². The van der Waals surface area contributed by atoms with E-state index >= 15 is 0 Å². The average molecular weight is 232 g/mol. The van der Waals surface area contributed by atoms with E-state index in [-0.39, 0.29) is 5.91 Å². The van der Waals surface area contributed by atoms with Gasteiger partial charge in [-0.3, -0.25) is 4.79 Å². The van der Waals surface area contributed by atoms with Gasteiger partial charge >= 0.3 is 0 Å². The Bertz CT molecular complexity index is 462. The molecule has 4 nitrogen and oxygen atoms in total. The third kappa shape index (κ3) is 1.82. The molecule has 2 fully saturated rings. The van der Waals surface area contributed by atoms with E-state index in [4.69, 9.17) is 4.74 Å². The van der Waals surface area contributed by atoms with Crippen molar-refractivity contribution in [2.45, 2.75) is 19.9 Å². The number of carbonyl (C=O) groups is 1. The smallest absolute Gasteiger partial charge is 0.270 e. The maximum absolute atomic E-state index is 12.0. The molecule has 17 heavy (non-hydrogen) atoms. The molecule has 0 unspecified atom stereocenters. The van der Waals surface area contributed by atoms with Gasteiger partial charge in [-0.05, 0) is 25.5 Å². The molecular weight excluding hydrogens is 216 g/mol. The molecule has 2 aliphatic rings. The third-order valence-corrected chi connectivity index (χ3v) is 3.83. The molecule has 0 bridgehead atoms. The van der Waals surface area contributed by atoms with Crippen molar-refractivity contribution in [3.63, 3.8) is 0 Å². The Morgan fingerprint density at radius 3 is 2.71 bits per heavy atom. The van der Waals surface area contributed by atoms with Gasteiger partial charge in [0.1, 0.15) is 5.69 Å². The van der Waals surface area contributed by atoms with E-state index in [0.29, 0.717) is 23.6 Å². The lowest BCUT2D eigenvalue weighted by Crippen LogP contribution is -2.30. The van der Waals surface area contributed by atoms with Crippen molar-refractivity contribution in [1.82, 2.24) is 10.3 Å². The van der Waals surface area contributed by atoms with E-state index in [2.05, 4.69) is 10.3 Å². The minimum Gasteiger partial charge on any atom is -0.381 e. The largest absolute Gasteiger partial charge is 0.381 e. The minimum atomic E-state index is -0.0625. The first-order chi connectivity index (χ1) is 8.16. The number of pyridine rings is 1. The fourth-order valence-corrected chi connectivity index (χ4v) is 2.44. The molecule has 3 atom stereocenters. The molecule has 1 aromatic heterocycles. The molecule has 0 aromatic carbocycles. The fourth-order valence-electron chi connectivity index (χ4n) is 2.44. The molecule has 1 saturated carbocycles. The summed E-state index contributed by atoms with van der Waals surface area (Å²) in [6, 6.07) is 4.03. The van der Waals surface area contributed by atoms with Crippen molar-refractivity contribution >= 4 is 5.91 Å². The van der Waals surface area contributed by atoms with Gasteiger partial charge in [0.15, 0.2) is 0 Å². The number of aromatic nitrogens is 1. The highest BCUT2D eigenvalue weighted by Crippen LogP contribution is 2.44. The minimum absolute atomic E-state index is 0.0625. The van der Waals surface area contributed by atoms with Crippen LogP contribution >= 0.6 is 0 Å². The second kappa shape index (κ2) is 3.81. The molecule has 1 N–H and O–H groups in total. The standard InChI is InChI=1S/C13H16N2O2/c1-7-3-4-11(14-8(7)2)13(16)15-12-9-5-17-6-10(9)12/h3-4,9-10,12H,5-6H2,1-2H3,(H,15,16)/t9-,10+,12-. The number of amides is 1. The summed E-state index contributed by atoms with van der Waals surface area (Å²) in [5.74, 6) is 1.00. The van der Waals surface area contributed by atoms with Gasteiger partial charge in [-0.15, -0.1) is 0 Å². The van der Waals surface area contributed by atoms with Gasteiger partial charge in [0.05, 0.1) is 13.2 Å². The van der Waals surface area contributed by atoms with Crippen LogP contribution in [0.2, 0.25) is 0 Å². The van der Waals surface area contributed by atoms with E-state index < -0.39 is 0 Å². The van der Waals surface area contributed by atoms with Crippen LogP contribution in [0.4, 0.5) is 0 Å². The first kappa shape index (κ1) is 10.7. The Labute approximate surface area is 100 Å². The highest BCUT2D eigenvalue weighted by molar-refractivity contribution is 5.92. The van der Waals surface area contributed by atoms with Crippen LogP contribution in [-0.2, 0) is 4.74 Å². The summed E-state index contributed by atoms with van der Waals surface area (Å²) < 4.78 is 5.29. The maximum atomic E-state index is 12.0. The number of nitrogens with zero attached hydrogens (tertiary/aromatic N) is 1. The van der Waals surface area contributed by atoms with E-state index in [1.165, 1.54) is 0 Å². The zero-order valence-corrected chi connectivity index (χ0v) is 10.1. The van der Waals surface area contributed by atoms with E-state index in [1.807, 2.05) is 19.9 Å². The maximum Gasteiger partial charge on any atom is 0.270 e. The van der Waals surface area contributed by atoms with Gasteiger partial charge in [0.2, 0.25) is 0 Å². The number of carbonyl (C=O) groups excluding carboxylic acids is 1. The summed E-state index contributed by atoms with van der Waals surface area (Å²) in [6.07, 6.45) is 0. The fraction of sp³-hybridized carbons (Fsp3) is 0.538. The summed E-state index contributed by atoms with van der Waals surface area (Å²) in [5.41, 5.74) is 2.54. The normalized spacial score (nSPS) is 29.9. The van der Waals surface area contributed by atoms with Crippen LogP contribution in [-0.4, -0.2) is 30.1 Å². The zero-order valence-electron chi connectivity index (χ0n) is 10.1. The monoisotopic (exact) mass is 232 g/mol. The molecule has 3 rings (SSSR count). The van der Waals surface area contributed by atoms with Gasteiger partial charge in [-0.25, -0.2) is 4.98 Å². The number of nitrogens with one attached hydrogen (secondary N) is 1. The topological polar surface area (TPSA) is 51.2 Å². The van der Waals surface area contributed by atoms with Crippen LogP contribution < -0.4 is 5.32 Å². The van der Waals surface area contributed by atoms with Gasteiger partial charge in [0, 0.05) is 23.6 Å². The van der Waals surface area contributed by atoms with Gasteiger partial charge in [-0.1, -0.05) is 6.07 Å². The summed E-state index contributed by atoms with van der Waals surface area (Å²) >= 11 is 0. The molecular formula is C13H16N2O2. The number of aryl methyl sites for hydroxylation is 2. The Balaban J connectivity index is 1.68. The quantitative estimate of drug-likeness (QED) is 0.830. The Morgan fingerprint density at radius 1 is 1.35 bits per heavy atom. The SMILES string of the molecule is Cc1ccc(C(=O)N[C@@H]2[C@@H]3COC[C@@H]32)nc1C. The second-order valence-corrected chi connectivity index (χ2v) is 4.96. The zero-order chi connectivity index (χ0) is 12.0. The van der Waals surface area contributed by atoms with Gasteiger partial charge in [0.25, 0.3) is 5.91 Å². The summed E-state index contributed by atoms with van der Waals surface area (Å²) in [5, 5.41) is 3.04. The van der Waals surface area contributed by atoms with Crippen LogP contribution in [0.15, 0.2) is 12.1 Å². The lowest BCUT2D eigenvalue weighted by molar-refractivity contribution is 0.0924. The highest BCUT2D eigenvalue weighted by Gasteiger charge is 2.54. The first-order valence-corrected chi connectivity index (χ1v) is 5.99. The van der Waals surface area contributed by atoms with Crippen molar-refractivity contribution in [2.75, 3.05) is 13.2 Å². The molecule has 1 aromatic rings. The third-order valence-electron chi connectivity index (χ3n) is 3.83. The van der Waals surface area contributed by atoms with E-state index in [9.17, 15) is 4.79 Å². The van der Waals surface area contributed by atoms with Gasteiger partial charge < -0.3 is 10.1 Å². The number of fused-ring (bicyclic) bond motifs is 1. The van der Waals surface area contributed by atoms with E-state index in [0.717, 1.165) is 24.5 Å². The lowest BCUT2D eigenvalue weighted by Gasteiger charge is -2.08. The van der Waals surface area contributed by atoms with Gasteiger partial charge in [-0.2, -0.15) is 0 Å². The van der Waals surface area contributed by atoms with Crippen molar-refractivity contribution < 1.29 is 9.53 Å². The second-order valence-electron chi connectivity index (χ2n) is 4.96. The Morgan fingerprint density at radius 2 is 2.06 bits per heavy atom. The highest BCUT2D eigenvalue weighted by atomic mass is 16.5. The van der Waals surface area contributed by atoms with Crippen molar-refractivity contribution in [2.24, 2.45) is 11.8 Å². The number of hydrogen-bond acceptors (Lipinski definition) is 3. The molecule has 1 aliphatic carbocycles. The number of hydrogen-bond donors (Lipinski definition) is 1. The molecule has 0 radical (unpaired) electrons. The lowest BCUT2D eigenvalue weighted by atomic mass is 10.2. The van der Waals surface area contributed by atoms with E-state index in [1.54, 1.807) is 6.07 Å². The molecule has 1 saturated heterocycles. The van der Waals surface area contributed by atoms with Crippen molar-refractivity contribution in [3.8, 4) is 0 Å². The summed E-state index contributed by atoms with van der Waals surface area (Å²) in [7, 11) is 0. The predicted octanol–water partition coefficient (Wildman–Crippen LogP) is 1.07. The van der Waals surface area contributed by atoms with Crippen LogP contribution in [0.3, 0.4) is 0 Å². The predicted molar refractivity (Wildman–Crippen MR) is 62.8 cm³/mol. The molecule has 1 amide bonds. The first-order valence-electron chi connectivity index (χ1n) is 5.99. The van der Waals surface area contributed by atoms with Crippen LogP contribution in [0, 0.1) is 25.7 Å². The molecule has 1 aliphatic heterocycles. The van der Waals surface area contributed by atoms with Crippen molar-refractivity contribution in [3.05, 3.63) is 29.1 Å². The summed E-state index contributed by atoms with van der Waals surface area (Å²) in [4.78, 5) is 16.3. The summed E-state index contributed by atoms with van der Waals surface area (Å²) in [6.45, 7) is 5.49. The number of rotatable bonds is 2.